The second kappa shape index (κ2) is 13.5. The van der Waals surface area contributed by atoms with E-state index in [0.29, 0.717) is 26.2 Å². The number of amides is 2. The number of carbonyl (C=O) groups is 4. The maximum atomic E-state index is 13.0. The van der Waals surface area contributed by atoms with E-state index in [4.69, 9.17) is 49.0 Å². The normalized spacial score (nSPS) is 35.9. The summed E-state index contributed by atoms with van der Waals surface area (Å²) < 4.78 is 15.0. The molecule has 0 aliphatic carbocycles. The quantitative estimate of drug-likeness (QED) is 0.336. The van der Waals surface area contributed by atoms with Gasteiger partial charge in [-0.3, -0.25) is 19.2 Å². The first-order chi connectivity index (χ1) is 20.3. The van der Waals surface area contributed by atoms with Crippen molar-refractivity contribution in [3.8, 4) is 0 Å². The van der Waals surface area contributed by atoms with E-state index < -0.39 is 39.4 Å². The van der Waals surface area contributed by atoms with E-state index in [9.17, 15) is 24.3 Å². The van der Waals surface area contributed by atoms with Crippen molar-refractivity contribution in [1.29, 1.82) is 0 Å². The van der Waals surface area contributed by atoms with Gasteiger partial charge in [0.15, 0.2) is 0 Å². The molecule has 6 aliphatic rings. The van der Waals surface area contributed by atoms with Crippen LogP contribution in [-0.4, -0.2) is 150 Å². The van der Waals surface area contributed by atoms with Crippen molar-refractivity contribution in [1.82, 2.24) is 19.6 Å². The molecule has 0 aromatic rings. The number of hydrogen-bond acceptors (Lipinski definition) is 9. The summed E-state index contributed by atoms with van der Waals surface area (Å²) in [7, 11) is 4.06. The number of halogens is 3. The second-order valence-corrected chi connectivity index (χ2v) is 15.0. The van der Waals surface area contributed by atoms with E-state index in [1.165, 1.54) is 0 Å². The van der Waals surface area contributed by atoms with Crippen LogP contribution < -0.4 is 0 Å². The van der Waals surface area contributed by atoms with Gasteiger partial charge in [0.2, 0.25) is 15.6 Å². The average molecular weight is 668 g/mol. The van der Waals surface area contributed by atoms with E-state index in [0.717, 1.165) is 51.9 Å². The summed E-state index contributed by atoms with van der Waals surface area (Å²) in [5.74, 6) is -3.66. The van der Waals surface area contributed by atoms with Gasteiger partial charge in [0, 0.05) is 52.4 Å². The molecule has 12 nitrogen and oxygen atoms in total. The molecule has 0 aromatic carbocycles. The van der Waals surface area contributed by atoms with Crippen molar-refractivity contribution in [3.05, 3.63) is 0 Å². The van der Waals surface area contributed by atoms with Gasteiger partial charge in [0.1, 0.15) is 6.61 Å². The molecule has 0 spiro atoms. The zero-order chi connectivity index (χ0) is 31.1. The number of rotatable bonds is 5. The fourth-order valence-electron chi connectivity index (χ4n) is 7.32. The first kappa shape index (κ1) is 33.0. The van der Waals surface area contributed by atoms with Crippen molar-refractivity contribution in [2.24, 2.45) is 23.7 Å². The van der Waals surface area contributed by atoms with Crippen molar-refractivity contribution in [2.45, 2.75) is 53.9 Å². The van der Waals surface area contributed by atoms with Crippen molar-refractivity contribution in [3.63, 3.8) is 0 Å². The summed E-state index contributed by atoms with van der Waals surface area (Å²) in [4.78, 5) is 57.4. The van der Waals surface area contributed by atoms with E-state index in [1.807, 2.05) is 23.9 Å². The molecule has 6 saturated heterocycles. The van der Waals surface area contributed by atoms with Crippen molar-refractivity contribution < 1.29 is 38.5 Å². The topological polar surface area (TPSA) is 129 Å². The van der Waals surface area contributed by atoms with E-state index in [2.05, 4.69) is 9.80 Å². The number of esters is 1. The molecule has 1 N–H and O–H groups in total. The predicted molar refractivity (Wildman–Crippen MR) is 157 cm³/mol. The highest BCUT2D eigenvalue weighted by molar-refractivity contribution is 6.67. The molecule has 6 rings (SSSR count). The molecule has 0 saturated carbocycles. The highest BCUT2D eigenvalue weighted by Gasteiger charge is 2.58. The lowest BCUT2D eigenvalue weighted by atomic mass is 9.78. The van der Waals surface area contributed by atoms with Gasteiger partial charge in [0.25, 0.3) is 0 Å². The lowest BCUT2D eigenvalue weighted by molar-refractivity contribution is -0.156. The summed E-state index contributed by atoms with van der Waals surface area (Å²) in [5.41, 5.74) is 0. The highest BCUT2D eigenvalue weighted by atomic mass is 35.6. The Morgan fingerprint density at radius 2 is 1.05 bits per heavy atom. The van der Waals surface area contributed by atoms with E-state index >= 15 is 0 Å². The van der Waals surface area contributed by atoms with Crippen LogP contribution in [0.15, 0.2) is 0 Å². The molecular weight excluding hydrogens is 627 g/mol. The maximum absolute atomic E-state index is 13.0. The molecule has 8 unspecified atom stereocenters. The predicted octanol–water partition coefficient (Wildman–Crippen LogP) is 1.11. The molecule has 2 amide bonds. The van der Waals surface area contributed by atoms with Crippen LogP contribution in [0.2, 0.25) is 0 Å². The number of nitrogens with zero attached hydrogens (tertiary/aromatic N) is 4. The molecule has 6 heterocycles. The number of piperazine rings is 2. The van der Waals surface area contributed by atoms with Gasteiger partial charge in [-0.25, -0.2) is 0 Å². The standard InChI is InChI=1S/C15H21Cl3N2O4.C13H20N2O4/c1-19-4-6-20(7-5-19)13(21)11-9-2-3-10(24-9)12(11)14(22)23-8-15(16,17)18;1-14-4-6-15(7-5-14)12(16)10-8-2-3-9(19-8)11(10)13(17)18/h9-12H,2-8H2,1H3;8-11H,2-7H2,1H3,(H,17,18). The van der Waals surface area contributed by atoms with Crippen LogP contribution in [-0.2, 0) is 33.4 Å². The third kappa shape index (κ3) is 7.37. The summed E-state index contributed by atoms with van der Waals surface area (Å²) in [6.07, 6.45) is 2.20. The largest absolute Gasteiger partial charge is 0.481 e. The third-order valence-corrected chi connectivity index (χ3v) is 10.0. The Labute approximate surface area is 266 Å². The fraction of sp³-hybridized carbons (Fsp3) is 0.857. The molecule has 15 heteroatoms. The van der Waals surface area contributed by atoms with E-state index in [-0.39, 0.29) is 42.8 Å². The zero-order valence-corrected chi connectivity index (χ0v) is 26.8. The molecule has 43 heavy (non-hydrogen) atoms. The minimum atomic E-state index is -1.66. The molecule has 4 bridgehead atoms. The minimum Gasteiger partial charge on any atom is -0.481 e. The van der Waals surface area contributed by atoms with E-state index in [1.54, 1.807) is 0 Å². The fourth-order valence-corrected chi connectivity index (χ4v) is 7.48. The zero-order valence-electron chi connectivity index (χ0n) is 24.5. The number of hydrogen-bond donors (Lipinski definition) is 1. The Hall–Kier alpha value is -1.41. The van der Waals surface area contributed by atoms with Gasteiger partial charge in [0.05, 0.1) is 48.1 Å². The third-order valence-electron chi connectivity index (χ3n) is 9.68. The number of likely N-dealkylation sites (N-methyl/N-ethyl adjacent to an activating group) is 2. The Morgan fingerprint density at radius 3 is 1.44 bits per heavy atom. The summed E-state index contributed by atoms with van der Waals surface area (Å²) in [6.45, 7) is 5.74. The molecule has 0 radical (unpaired) electrons. The smallest absolute Gasteiger partial charge is 0.312 e. The average Bonchev–Trinajstić information content (AvgIpc) is 3.77. The molecular formula is C28H41Cl3N4O8. The van der Waals surface area contributed by atoms with Crippen LogP contribution in [0.3, 0.4) is 0 Å². The van der Waals surface area contributed by atoms with Crippen LogP contribution in [0, 0.1) is 23.7 Å². The van der Waals surface area contributed by atoms with Crippen molar-refractivity contribution >= 4 is 58.6 Å². The molecule has 6 aliphatic heterocycles. The van der Waals surface area contributed by atoms with Gasteiger partial charge in [-0.2, -0.15) is 0 Å². The minimum absolute atomic E-state index is 0.0206. The van der Waals surface area contributed by atoms with Crippen molar-refractivity contribution in [2.75, 3.05) is 73.1 Å². The van der Waals surface area contributed by atoms with Gasteiger partial charge >= 0.3 is 11.9 Å². The molecule has 8 atom stereocenters. The summed E-state index contributed by atoms with van der Waals surface area (Å²) in [5, 5.41) is 9.34. The summed E-state index contributed by atoms with van der Waals surface area (Å²) >= 11 is 16.9. The second-order valence-electron chi connectivity index (χ2n) is 12.5. The first-order valence-corrected chi connectivity index (χ1v) is 16.2. The van der Waals surface area contributed by atoms with Crippen LogP contribution in [0.25, 0.3) is 0 Å². The van der Waals surface area contributed by atoms with Crippen LogP contribution in [0.5, 0.6) is 0 Å². The van der Waals surface area contributed by atoms with Crippen LogP contribution in [0.1, 0.15) is 25.7 Å². The summed E-state index contributed by atoms with van der Waals surface area (Å²) in [6, 6.07) is 0. The monoisotopic (exact) mass is 666 g/mol. The number of carbonyl (C=O) groups excluding carboxylic acids is 3. The lowest BCUT2D eigenvalue weighted by Crippen LogP contribution is -2.52. The van der Waals surface area contributed by atoms with Gasteiger partial charge in [-0.15, -0.1) is 0 Å². The molecule has 0 aromatic heterocycles. The number of ether oxygens (including phenoxy) is 3. The Kier molecular flexibility index (Phi) is 10.4. The van der Waals surface area contributed by atoms with Gasteiger partial charge < -0.3 is 38.9 Å². The molecule has 242 valence electrons. The number of alkyl halides is 3. The number of fused-ring (bicyclic) bond motifs is 4. The highest BCUT2D eigenvalue weighted by Crippen LogP contribution is 2.46. The van der Waals surface area contributed by atoms with Gasteiger partial charge in [-0.05, 0) is 39.8 Å². The Morgan fingerprint density at radius 1 is 0.674 bits per heavy atom. The SMILES string of the molecule is CN1CCN(C(=O)C2C3CCC(O3)C2C(=O)O)CC1.CN1CCN(C(=O)C2C3CCC(O3)C2C(=O)OCC(Cl)(Cl)Cl)CC1. The van der Waals surface area contributed by atoms with Crippen LogP contribution >= 0.6 is 34.8 Å². The number of carboxylic acid groups (broad SMARTS) is 1. The van der Waals surface area contributed by atoms with Crippen LogP contribution in [0.4, 0.5) is 0 Å². The number of aliphatic carboxylic acids is 1. The van der Waals surface area contributed by atoms with Gasteiger partial charge in [-0.1, -0.05) is 34.8 Å². The lowest BCUT2D eigenvalue weighted by Gasteiger charge is -2.36. The maximum Gasteiger partial charge on any atom is 0.312 e. The number of carboxylic acids is 1. The Balaban J connectivity index is 0.000000176. The molecule has 6 fully saturated rings. The first-order valence-electron chi connectivity index (χ1n) is 15.1. The Bertz CT molecular complexity index is 1060.